The molecule has 1 aliphatic rings. The van der Waals surface area contributed by atoms with Crippen LogP contribution < -0.4 is 0 Å². The largest absolute Gasteiger partial charge is 0.477 e. The second-order valence-corrected chi connectivity index (χ2v) is 4.55. The maximum atomic E-state index is 12.3. The van der Waals surface area contributed by atoms with E-state index in [1.807, 2.05) is 13.8 Å². The standard InChI is InChI=1S/C13H16N2O4/c1-8-9(2)19-6-5-15(8)12(16)10-3-4-11(13(17)18)14-7-10/h3-4,7-9H,5-6H2,1-2H3,(H,17,18)/t8-,9-/m0/s1. The SMILES string of the molecule is C[C@@H]1OCCN(C(=O)c2ccc(C(=O)O)nc2)[C@H]1C. The van der Waals surface area contributed by atoms with E-state index in [1.54, 1.807) is 4.90 Å². The molecule has 0 bridgehead atoms. The summed E-state index contributed by atoms with van der Waals surface area (Å²) in [6.07, 6.45) is 1.29. The Morgan fingerprint density at radius 2 is 2.16 bits per heavy atom. The second-order valence-electron chi connectivity index (χ2n) is 4.55. The van der Waals surface area contributed by atoms with Gasteiger partial charge in [-0.1, -0.05) is 0 Å². The molecule has 1 fully saturated rings. The van der Waals surface area contributed by atoms with Gasteiger partial charge in [0.25, 0.3) is 5.91 Å². The fourth-order valence-corrected chi connectivity index (χ4v) is 2.03. The number of rotatable bonds is 2. The topological polar surface area (TPSA) is 79.7 Å². The lowest BCUT2D eigenvalue weighted by molar-refractivity contribution is -0.0440. The van der Waals surface area contributed by atoms with Crippen LogP contribution in [0.25, 0.3) is 0 Å². The maximum Gasteiger partial charge on any atom is 0.354 e. The lowest BCUT2D eigenvalue weighted by Crippen LogP contribution is -2.51. The third-order valence-corrected chi connectivity index (χ3v) is 3.37. The van der Waals surface area contributed by atoms with E-state index in [0.717, 1.165) is 0 Å². The van der Waals surface area contributed by atoms with Crippen molar-refractivity contribution in [1.82, 2.24) is 9.88 Å². The van der Waals surface area contributed by atoms with Gasteiger partial charge < -0.3 is 14.7 Å². The zero-order chi connectivity index (χ0) is 14.0. The Bertz CT molecular complexity index is 486. The third-order valence-electron chi connectivity index (χ3n) is 3.37. The molecule has 0 radical (unpaired) electrons. The van der Waals surface area contributed by atoms with Crippen LogP contribution in [0.15, 0.2) is 18.3 Å². The predicted molar refractivity (Wildman–Crippen MR) is 67.1 cm³/mol. The van der Waals surface area contributed by atoms with Gasteiger partial charge in [-0.3, -0.25) is 4.79 Å². The van der Waals surface area contributed by atoms with Crippen LogP contribution in [0.4, 0.5) is 0 Å². The normalized spacial score (nSPS) is 23.2. The number of hydrogen-bond acceptors (Lipinski definition) is 4. The Balaban J connectivity index is 2.17. The summed E-state index contributed by atoms with van der Waals surface area (Å²) in [5.41, 5.74) is 0.325. The summed E-state index contributed by atoms with van der Waals surface area (Å²) in [6.45, 7) is 4.90. The molecule has 19 heavy (non-hydrogen) atoms. The number of carboxylic acid groups (broad SMARTS) is 1. The van der Waals surface area contributed by atoms with Crippen LogP contribution in [-0.2, 0) is 4.74 Å². The highest BCUT2D eigenvalue weighted by atomic mass is 16.5. The van der Waals surface area contributed by atoms with Gasteiger partial charge in [0, 0.05) is 12.7 Å². The van der Waals surface area contributed by atoms with E-state index >= 15 is 0 Å². The van der Waals surface area contributed by atoms with E-state index in [2.05, 4.69) is 4.98 Å². The molecule has 1 N–H and O–H groups in total. The molecular formula is C13H16N2O4. The summed E-state index contributed by atoms with van der Waals surface area (Å²) in [6, 6.07) is 2.82. The molecule has 2 rings (SSSR count). The number of carbonyl (C=O) groups is 2. The number of carbonyl (C=O) groups excluding carboxylic acids is 1. The molecule has 6 heteroatoms. The highest BCUT2D eigenvalue weighted by molar-refractivity contribution is 5.95. The van der Waals surface area contributed by atoms with Crippen molar-refractivity contribution in [2.45, 2.75) is 26.0 Å². The van der Waals surface area contributed by atoms with Crippen LogP contribution in [0.3, 0.4) is 0 Å². The summed E-state index contributed by atoms with van der Waals surface area (Å²) in [5, 5.41) is 8.77. The van der Waals surface area contributed by atoms with Crippen LogP contribution in [0, 0.1) is 0 Å². The molecule has 1 saturated heterocycles. The number of hydrogen-bond donors (Lipinski definition) is 1. The lowest BCUT2D eigenvalue weighted by Gasteiger charge is -2.37. The van der Waals surface area contributed by atoms with Crippen molar-refractivity contribution in [2.75, 3.05) is 13.2 Å². The molecule has 1 aliphatic heterocycles. The molecule has 1 amide bonds. The van der Waals surface area contributed by atoms with E-state index < -0.39 is 5.97 Å². The van der Waals surface area contributed by atoms with E-state index in [4.69, 9.17) is 9.84 Å². The van der Waals surface area contributed by atoms with Gasteiger partial charge in [-0.2, -0.15) is 0 Å². The Morgan fingerprint density at radius 1 is 1.42 bits per heavy atom. The van der Waals surface area contributed by atoms with E-state index in [9.17, 15) is 9.59 Å². The van der Waals surface area contributed by atoms with Crippen molar-refractivity contribution in [3.8, 4) is 0 Å². The Morgan fingerprint density at radius 3 is 2.74 bits per heavy atom. The van der Waals surface area contributed by atoms with Crippen LogP contribution in [-0.4, -0.2) is 52.2 Å². The van der Waals surface area contributed by atoms with E-state index in [1.165, 1.54) is 18.3 Å². The molecule has 102 valence electrons. The fraction of sp³-hybridized carbons (Fsp3) is 0.462. The minimum absolute atomic E-state index is 0.0102. The molecule has 6 nitrogen and oxygen atoms in total. The van der Waals surface area contributed by atoms with Crippen LogP contribution >= 0.6 is 0 Å². The molecule has 0 aromatic carbocycles. The van der Waals surface area contributed by atoms with Gasteiger partial charge in [-0.15, -0.1) is 0 Å². The average molecular weight is 264 g/mol. The minimum atomic E-state index is -1.10. The van der Waals surface area contributed by atoms with Crippen molar-refractivity contribution < 1.29 is 19.4 Å². The Labute approximate surface area is 111 Å². The van der Waals surface area contributed by atoms with Gasteiger partial charge in [0.1, 0.15) is 5.69 Å². The number of pyridine rings is 1. The number of carboxylic acids is 1. The van der Waals surface area contributed by atoms with Crippen molar-refractivity contribution in [3.63, 3.8) is 0 Å². The summed E-state index contributed by atoms with van der Waals surface area (Å²) in [7, 11) is 0. The van der Waals surface area contributed by atoms with Gasteiger partial charge in [-0.05, 0) is 26.0 Å². The first kappa shape index (κ1) is 13.5. The highest BCUT2D eigenvalue weighted by Crippen LogP contribution is 2.16. The lowest BCUT2D eigenvalue weighted by atomic mass is 10.1. The number of aromatic nitrogens is 1. The molecule has 1 aromatic rings. The molecule has 0 spiro atoms. The summed E-state index contributed by atoms with van der Waals surface area (Å²) < 4.78 is 5.47. The van der Waals surface area contributed by atoms with Gasteiger partial charge in [-0.25, -0.2) is 9.78 Å². The van der Waals surface area contributed by atoms with Gasteiger partial charge >= 0.3 is 5.97 Å². The van der Waals surface area contributed by atoms with Crippen LogP contribution in [0.1, 0.15) is 34.7 Å². The average Bonchev–Trinajstić information content (AvgIpc) is 2.41. The number of aromatic carboxylic acids is 1. The molecular weight excluding hydrogens is 248 g/mol. The maximum absolute atomic E-state index is 12.3. The summed E-state index contributed by atoms with van der Waals surface area (Å²) in [4.78, 5) is 28.5. The first-order valence-electron chi connectivity index (χ1n) is 6.12. The van der Waals surface area contributed by atoms with Gasteiger partial charge in [0.15, 0.2) is 0 Å². The second kappa shape index (κ2) is 5.36. The van der Waals surface area contributed by atoms with Gasteiger partial charge in [0.2, 0.25) is 0 Å². The molecule has 0 aliphatic carbocycles. The molecule has 0 saturated carbocycles. The molecule has 2 heterocycles. The van der Waals surface area contributed by atoms with E-state index in [-0.39, 0.29) is 23.7 Å². The summed E-state index contributed by atoms with van der Waals surface area (Å²) in [5.74, 6) is -1.25. The smallest absolute Gasteiger partial charge is 0.354 e. The molecule has 2 atom stereocenters. The third kappa shape index (κ3) is 2.73. The number of amides is 1. The van der Waals surface area contributed by atoms with Crippen molar-refractivity contribution in [2.24, 2.45) is 0 Å². The first-order valence-corrected chi connectivity index (χ1v) is 6.12. The number of nitrogens with zero attached hydrogens (tertiary/aromatic N) is 2. The molecule has 0 unspecified atom stereocenters. The number of morpholine rings is 1. The van der Waals surface area contributed by atoms with E-state index in [0.29, 0.717) is 18.7 Å². The number of ether oxygens (including phenoxy) is 1. The Hall–Kier alpha value is -1.95. The Kier molecular flexibility index (Phi) is 3.80. The van der Waals surface area contributed by atoms with Gasteiger partial charge in [0.05, 0.1) is 24.3 Å². The zero-order valence-corrected chi connectivity index (χ0v) is 10.9. The zero-order valence-electron chi connectivity index (χ0n) is 10.9. The minimum Gasteiger partial charge on any atom is -0.477 e. The van der Waals surface area contributed by atoms with Crippen molar-refractivity contribution in [3.05, 3.63) is 29.6 Å². The fourth-order valence-electron chi connectivity index (χ4n) is 2.03. The monoisotopic (exact) mass is 264 g/mol. The quantitative estimate of drug-likeness (QED) is 0.863. The van der Waals surface area contributed by atoms with Crippen LogP contribution in [0.5, 0.6) is 0 Å². The predicted octanol–water partition coefficient (Wildman–Crippen LogP) is 1.03. The highest BCUT2D eigenvalue weighted by Gasteiger charge is 2.29. The van der Waals surface area contributed by atoms with Crippen molar-refractivity contribution in [1.29, 1.82) is 0 Å². The summed E-state index contributed by atoms with van der Waals surface area (Å²) >= 11 is 0. The molecule has 1 aromatic heterocycles. The van der Waals surface area contributed by atoms with Crippen molar-refractivity contribution >= 4 is 11.9 Å². The van der Waals surface area contributed by atoms with Crippen LogP contribution in [0.2, 0.25) is 0 Å². The first-order chi connectivity index (χ1) is 9.00.